The minimum Gasteiger partial charge on any atom is -0.495 e. The van der Waals surface area contributed by atoms with E-state index in [9.17, 15) is 28.4 Å². The Morgan fingerprint density at radius 3 is 1.75 bits per heavy atom. The molecule has 1 aromatic heterocycles. The number of amides is 5. The number of hydrogen-bond donors (Lipinski definition) is 7. The highest BCUT2D eigenvalue weighted by molar-refractivity contribution is 8.00. The molecule has 2 aliphatic rings. The SMILES string of the molecule is COc1ccc(NC(=O)/C=C/CN(C)CCCCNC(=O)CCCC(=O)NCCOCCOCCOCCOCCCCCCOCCOCCOCOCCOCCOCCNC(=O)CCCC[C@@H]2SC[C@@H]3NC(=O)C[C@@H]32)cc1Nc1cc(Nc2ccc(F)c(Cl)c2)ncn1. The molecule has 3 heterocycles. The third-order valence-electron chi connectivity index (χ3n) is 15.0. The van der Waals surface area contributed by atoms with E-state index in [0.29, 0.717) is 216 Å². The molecule has 538 valence electrons. The Labute approximate surface area is 574 Å². The molecule has 0 unspecified atom stereocenters. The van der Waals surface area contributed by atoms with E-state index in [2.05, 4.69) is 52.1 Å². The Balaban J connectivity index is 0.673. The molecule has 0 bridgehead atoms. The van der Waals surface area contributed by atoms with Crippen LogP contribution in [0.5, 0.6) is 5.75 Å². The predicted molar refractivity (Wildman–Crippen MR) is 367 cm³/mol. The number of nitrogens with one attached hydrogen (secondary N) is 7. The molecule has 2 aliphatic heterocycles. The maximum atomic E-state index is 13.6. The third kappa shape index (κ3) is 38.3. The van der Waals surface area contributed by atoms with Crippen LogP contribution in [-0.4, -0.2) is 234 Å². The zero-order valence-corrected chi connectivity index (χ0v) is 57.7. The molecular weight excluding hydrogens is 1290 g/mol. The van der Waals surface area contributed by atoms with Crippen molar-refractivity contribution in [3.63, 3.8) is 0 Å². The van der Waals surface area contributed by atoms with Crippen molar-refractivity contribution >= 4 is 81.6 Å². The highest BCUT2D eigenvalue weighted by atomic mass is 35.5. The van der Waals surface area contributed by atoms with Gasteiger partial charge in [0.05, 0.1) is 124 Å². The number of fused-ring (bicyclic) bond motifs is 1. The number of nitrogens with zero attached hydrogens (tertiary/aromatic N) is 3. The first-order chi connectivity index (χ1) is 46.9. The van der Waals surface area contributed by atoms with Crippen molar-refractivity contribution in [3.05, 3.63) is 71.8 Å². The van der Waals surface area contributed by atoms with Crippen LogP contribution >= 0.6 is 23.4 Å². The van der Waals surface area contributed by atoms with E-state index >= 15 is 0 Å². The Morgan fingerprint density at radius 2 is 1.16 bits per heavy atom. The van der Waals surface area contributed by atoms with E-state index in [1.807, 2.05) is 18.8 Å². The summed E-state index contributed by atoms with van der Waals surface area (Å²) in [7, 11) is 3.49. The number of methoxy groups -OCH3 is 1. The molecule has 0 spiro atoms. The van der Waals surface area contributed by atoms with Gasteiger partial charge in [0, 0.05) is 112 Å². The van der Waals surface area contributed by atoms with Crippen molar-refractivity contribution in [1.82, 2.24) is 36.1 Å². The van der Waals surface area contributed by atoms with Gasteiger partial charge in [-0.2, -0.15) is 11.8 Å². The van der Waals surface area contributed by atoms with Crippen LogP contribution in [0.2, 0.25) is 5.02 Å². The van der Waals surface area contributed by atoms with E-state index in [0.717, 1.165) is 70.1 Å². The van der Waals surface area contributed by atoms with Gasteiger partial charge < -0.3 is 94.2 Å². The van der Waals surface area contributed by atoms with Crippen molar-refractivity contribution in [2.75, 3.05) is 194 Å². The van der Waals surface area contributed by atoms with Crippen LogP contribution < -0.4 is 42.0 Å². The Kier molecular flexibility index (Phi) is 44.0. The summed E-state index contributed by atoms with van der Waals surface area (Å²) >= 11 is 7.87. The average Bonchev–Trinajstić information content (AvgIpc) is 1.14. The van der Waals surface area contributed by atoms with Crippen LogP contribution in [-0.2, 0) is 71.3 Å². The van der Waals surface area contributed by atoms with Gasteiger partial charge in [0.25, 0.3) is 0 Å². The zero-order chi connectivity index (χ0) is 68.3. The second-order valence-electron chi connectivity index (χ2n) is 22.8. The van der Waals surface area contributed by atoms with Crippen LogP contribution in [0.3, 0.4) is 0 Å². The topological polar surface area (TPSA) is 300 Å². The normalized spacial score (nSPS) is 15.1. The number of carbonyl (C=O) groups is 5. The van der Waals surface area contributed by atoms with Gasteiger partial charge in [0.15, 0.2) is 0 Å². The summed E-state index contributed by atoms with van der Waals surface area (Å²) in [6, 6.07) is 11.4. The minimum atomic E-state index is -0.524. The minimum absolute atomic E-state index is 0.0179. The first-order valence-corrected chi connectivity index (χ1v) is 35.0. The molecule has 0 saturated carbocycles. The smallest absolute Gasteiger partial charge is 0.248 e. The number of ether oxygens (including phenoxy) is 11. The molecule has 2 fully saturated rings. The Hall–Kier alpha value is -5.86. The lowest BCUT2D eigenvalue weighted by atomic mass is 9.94. The molecule has 0 radical (unpaired) electrons. The van der Waals surface area contributed by atoms with Gasteiger partial charge in [-0.15, -0.1) is 0 Å². The van der Waals surface area contributed by atoms with Gasteiger partial charge in [0.1, 0.15) is 36.3 Å². The molecule has 2 aromatic carbocycles. The largest absolute Gasteiger partial charge is 0.495 e. The Morgan fingerprint density at radius 1 is 0.615 bits per heavy atom. The van der Waals surface area contributed by atoms with Gasteiger partial charge >= 0.3 is 0 Å². The number of aromatic nitrogens is 2. The summed E-state index contributed by atoms with van der Waals surface area (Å²) in [5.74, 6) is 2.07. The molecule has 3 atom stereocenters. The number of unbranched alkanes of at least 4 members (excludes halogenated alkanes) is 5. The summed E-state index contributed by atoms with van der Waals surface area (Å²) in [6.07, 6.45) is 15.5. The fraction of sp³-hybridized carbons (Fsp3) is 0.657. The molecule has 7 N–H and O–H groups in total. The number of hydrogen-bond acceptors (Lipinski definition) is 22. The summed E-state index contributed by atoms with van der Waals surface area (Å²) in [5, 5.41) is 21.3. The number of likely N-dealkylation sites (N-methyl/N-ethyl adjacent to an activating group) is 1. The van der Waals surface area contributed by atoms with Gasteiger partial charge in [-0.25, -0.2) is 14.4 Å². The first-order valence-electron chi connectivity index (χ1n) is 33.6. The standard InChI is InChI=1S/C67H104ClFN10O16S/c1-79(26-12-17-66(83)76-53-19-21-59(85-2)57(46-53)77-62-48-61(73-50-74-62)75-52-18-20-56(69)55(68)45-52)25-8-7-22-70-64(81)15-11-16-65(82)72-24-30-89-33-37-91-40-39-90-35-31-86-27-9-3-4-10-28-87-32-36-92-41-43-94-51-95-44-42-93-38-34-88-29-23-71-63(80)14-6-5-13-60-54-47-67(84)78-58(54)49-96-60/h12,17-21,45-46,48,50,54,58,60H,3-11,13-16,22-44,47,49,51H2,1-2H3,(H,70,81)(H,71,80)(H,72,82)(H,76,83)(H,78,84)(H2,73,74,75,77)/b17-12+/t54-,58-,60-/m0/s1. The average molecular weight is 1390 g/mol. The molecule has 0 aliphatic carbocycles. The van der Waals surface area contributed by atoms with E-state index in [-0.39, 0.29) is 54.2 Å². The van der Waals surface area contributed by atoms with E-state index in [1.165, 1.54) is 31.6 Å². The second kappa shape index (κ2) is 52.2. The molecule has 96 heavy (non-hydrogen) atoms. The highest BCUT2D eigenvalue weighted by Gasteiger charge is 2.42. The van der Waals surface area contributed by atoms with Crippen molar-refractivity contribution in [2.24, 2.45) is 5.92 Å². The van der Waals surface area contributed by atoms with Crippen LogP contribution in [0.1, 0.15) is 89.9 Å². The second-order valence-corrected chi connectivity index (χ2v) is 24.4. The lowest BCUT2D eigenvalue weighted by Crippen LogP contribution is -2.29. The maximum Gasteiger partial charge on any atom is 0.248 e. The summed E-state index contributed by atoms with van der Waals surface area (Å²) < 4.78 is 74.6. The molecule has 26 nitrogen and oxygen atoms in total. The zero-order valence-electron chi connectivity index (χ0n) is 56.1. The van der Waals surface area contributed by atoms with Gasteiger partial charge in [-0.05, 0) is 94.9 Å². The summed E-state index contributed by atoms with van der Waals surface area (Å²) in [6.45, 7) is 11.6. The third-order valence-corrected chi connectivity index (χ3v) is 16.9. The molecule has 2 saturated heterocycles. The maximum absolute atomic E-state index is 13.6. The number of halogens is 2. The fourth-order valence-corrected chi connectivity index (χ4v) is 11.8. The van der Waals surface area contributed by atoms with Crippen LogP contribution in [0.25, 0.3) is 0 Å². The van der Waals surface area contributed by atoms with Crippen LogP contribution in [0.4, 0.5) is 33.1 Å². The van der Waals surface area contributed by atoms with E-state index < -0.39 is 5.82 Å². The Bertz CT molecular complexity index is 2680. The number of thioether (sulfide) groups is 1. The molecule has 29 heteroatoms. The summed E-state index contributed by atoms with van der Waals surface area (Å²) in [4.78, 5) is 71.7. The van der Waals surface area contributed by atoms with E-state index in [1.54, 1.807) is 36.4 Å². The molecule has 5 rings (SSSR count). The predicted octanol–water partition coefficient (Wildman–Crippen LogP) is 7.35. The van der Waals surface area contributed by atoms with E-state index in [4.69, 9.17) is 63.7 Å². The summed E-state index contributed by atoms with van der Waals surface area (Å²) in [5.41, 5.74) is 1.64. The van der Waals surface area contributed by atoms with Crippen LogP contribution in [0, 0.1) is 11.7 Å². The first kappa shape index (κ1) is 80.8. The van der Waals surface area contributed by atoms with Crippen molar-refractivity contribution in [1.29, 1.82) is 0 Å². The number of benzene rings is 2. The van der Waals surface area contributed by atoms with Gasteiger partial charge in [-0.3, -0.25) is 24.0 Å². The molecular formula is C67H104ClFN10O16S. The van der Waals surface area contributed by atoms with Crippen molar-refractivity contribution in [3.8, 4) is 5.75 Å². The number of carbonyl (C=O) groups excluding carboxylic acids is 5. The lowest BCUT2D eigenvalue weighted by molar-refractivity contribution is -0.123. The number of anilines is 5. The molecule has 3 aromatic rings. The number of rotatable bonds is 59. The quantitative estimate of drug-likeness (QED) is 0.0165. The van der Waals surface area contributed by atoms with Crippen molar-refractivity contribution < 1.29 is 80.5 Å². The fourth-order valence-electron chi connectivity index (χ4n) is 9.93. The monoisotopic (exact) mass is 1390 g/mol. The van der Waals surface area contributed by atoms with Crippen LogP contribution in [0.15, 0.2) is 60.9 Å². The van der Waals surface area contributed by atoms with Gasteiger partial charge in [0.2, 0.25) is 29.5 Å². The molecule has 5 amide bonds. The van der Waals surface area contributed by atoms with Gasteiger partial charge in [-0.1, -0.05) is 36.9 Å². The lowest BCUT2D eigenvalue weighted by Gasteiger charge is -2.15. The van der Waals surface area contributed by atoms with Crippen molar-refractivity contribution in [2.45, 2.75) is 101 Å². The highest BCUT2D eigenvalue weighted by Crippen LogP contribution is 2.40.